The third kappa shape index (κ3) is 3.17. The van der Waals surface area contributed by atoms with E-state index in [9.17, 15) is 8.42 Å². The van der Waals surface area contributed by atoms with Gasteiger partial charge in [-0.3, -0.25) is 4.72 Å². The molecule has 0 aromatic heterocycles. The highest BCUT2D eigenvalue weighted by molar-refractivity contribution is 7.92. The van der Waals surface area contributed by atoms with Crippen LogP contribution in [-0.4, -0.2) is 8.42 Å². The topological polar surface area (TPSA) is 72.2 Å². The number of nitrogens with one attached hydrogen (secondary N) is 1. The predicted octanol–water partition coefficient (Wildman–Crippen LogP) is 3.68. The van der Waals surface area contributed by atoms with Crippen LogP contribution < -0.4 is 10.5 Å². The molecule has 0 saturated heterocycles. The second-order valence-electron chi connectivity index (χ2n) is 4.25. The molecule has 0 heterocycles. The smallest absolute Gasteiger partial charge is 0.261 e. The third-order valence-electron chi connectivity index (χ3n) is 2.67. The summed E-state index contributed by atoms with van der Waals surface area (Å²) in [6.07, 6.45) is 0. The predicted molar refractivity (Wildman–Crippen MR) is 82.9 cm³/mol. The van der Waals surface area contributed by atoms with Crippen LogP contribution >= 0.6 is 23.2 Å². The number of nitrogens with two attached hydrogens (primary N) is 1. The maximum atomic E-state index is 12.3. The Morgan fingerprint density at radius 3 is 2.25 bits per heavy atom. The van der Waals surface area contributed by atoms with Crippen molar-refractivity contribution < 1.29 is 8.42 Å². The SMILES string of the molecule is Cc1cc(N)cc(Cl)c1NS(=O)(=O)c1ccc(Cl)cc1. The summed E-state index contributed by atoms with van der Waals surface area (Å²) in [4.78, 5) is 0.106. The summed E-state index contributed by atoms with van der Waals surface area (Å²) in [5.74, 6) is 0. The summed E-state index contributed by atoms with van der Waals surface area (Å²) in [5, 5.41) is 0.714. The molecule has 0 saturated carbocycles. The lowest BCUT2D eigenvalue weighted by molar-refractivity contribution is 0.601. The molecule has 0 bridgehead atoms. The van der Waals surface area contributed by atoms with E-state index in [1.165, 1.54) is 30.3 Å². The van der Waals surface area contributed by atoms with Gasteiger partial charge < -0.3 is 5.73 Å². The van der Waals surface area contributed by atoms with E-state index in [-0.39, 0.29) is 9.92 Å². The molecular weight excluding hydrogens is 319 g/mol. The van der Waals surface area contributed by atoms with Gasteiger partial charge in [-0.2, -0.15) is 0 Å². The van der Waals surface area contributed by atoms with Gasteiger partial charge in [0.25, 0.3) is 10.0 Å². The molecule has 7 heteroatoms. The Kier molecular flexibility index (Phi) is 4.13. The fraction of sp³-hybridized carbons (Fsp3) is 0.0769. The van der Waals surface area contributed by atoms with Crippen molar-refractivity contribution in [2.24, 2.45) is 0 Å². The summed E-state index contributed by atoms with van der Waals surface area (Å²) in [5.41, 5.74) is 7.08. The zero-order valence-corrected chi connectivity index (χ0v) is 12.9. The number of benzene rings is 2. The quantitative estimate of drug-likeness (QED) is 0.843. The van der Waals surface area contributed by atoms with Gasteiger partial charge in [0.1, 0.15) is 0 Å². The van der Waals surface area contributed by atoms with Gasteiger partial charge in [0.2, 0.25) is 0 Å². The van der Waals surface area contributed by atoms with E-state index >= 15 is 0 Å². The first-order valence-electron chi connectivity index (χ1n) is 5.63. The van der Waals surface area contributed by atoms with Crippen molar-refractivity contribution in [2.45, 2.75) is 11.8 Å². The molecule has 0 spiro atoms. The van der Waals surface area contributed by atoms with Crippen LogP contribution in [0.1, 0.15) is 5.56 Å². The molecule has 3 N–H and O–H groups in total. The first-order valence-corrected chi connectivity index (χ1v) is 7.87. The molecule has 0 aliphatic rings. The molecule has 0 fully saturated rings. The Hall–Kier alpha value is -1.43. The highest BCUT2D eigenvalue weighted by Gasteiger charge is 2.17. The van der Waals surface area contributed by atoms with Gasteiger partial charge in [-0.1, -0.05) is 23.2 Å². The van der Waals surface area contributed by atoms with Gasteiger partial charge >= 0.3 is 0 Å². The van der Waals surface area contributed by atoms with E-state index in [1.807, 2.05) is 0 Å². The van der Waals surface area contributed by atoms with Crippen LogP contribution in [0.2, 0.25) is 10.0 Å². The zero-order valence-electron chi connectivity index (χ0n) is 10.5. The Bertz CT molecular complexity index is 720. The maximum Gasteiger partial charge on any atom is 0.261 e. The molecule has 20 heavy (non-hydrogen) atoms. The van der Waals surface area contributed by atoms with E-state index in [0.717, 1.165) is 0 Å². The minimum atomic E-state index is -3.72. The van der Waals surface area contributed by atoms with Crippen molar-refractivity contribution in [1.82, 2.24) is 0 Å². The fourth-order valence-electron chi connectivity index (χ4n) is 1.71. The van der Waals surface area contributed by atoms with Crippen LogP contribution in [0, 0.1) is 6.92 Å². The van der Waals surface area contributed by atoms with Gasteiger partial charge in [-0.25, -0.2) is 8.42 Å². The third-order valence-corrected chi connectivity index (χ3v) is 4.59. The number of halogens is 2. The maximum absolute atomic E-state index is 12.3. The number of rotatable bonds is 3. The van der Waals surface area contributed by atoms with Crippen LogP contribution in [-0.2, 0) is 10.0 Å². The number of anilines is 2. The molecule has 0 amide bonds. The molecule has 0 radical (unpaired) electrons. The van der Waals surface area contributed by atoms with E-state index in [1.54, 1.807) is 13.0 Å². The second-order valence-corrected chi connectivity index (χ2v) is 6.78. The lowest BCUT2D eigenvalue weighted by Gasteiger charge is -2.13. The largest absolute Gasteiger partial charge is 0.399 e. The zero-order chi connectivity index (χ0) is 14.9. The van der Waals surface area contributed by atoms with Crippen molar-refractivity contribution in [2.75, 3.05) is 10.5 Å². The summed E-state index contributed by atoms with van der Waals surface area (Å²) < 4.78 is 27.0. The minimum Gasteiger partial charge on any atom is -0.399 e. The molecule has 2 aromatic carbocycles. The number of hydrogen-bond donors (Lipinski definition) is 2. The highest BCUT2D eigenvalue weighted by atomic mass is 35.5. The molecule has 2 aromatic rings. The van der Waals surface area contributed by atoms with Gasteiger partial charge in [0.15, 0.2) is 0 Å². The van der Waals surface area contributed by atoms with E-state index in [2.05, 4.69) is 4.72 Å². The van der Waals surface area contributed by atoms with Crippen molar-refractivity contribution in [3.05, 3.63) is 52.0 Å². The Labute approximate surface area is 127 Å². The molecular formula is C13H12Cl2N2O2S. The Balaban J connectivity index is 2.41. The van der Waals surface area contributed by atoms with Crippen molar-refractivity contribution in [3.8, 4) is 0 Å². The van der Waals surface area contributed by atoms with Crippen LogP contribution in [0.5, 0.6) is 0 Å². The van der Waals surface area contributed by atoms with Crippen LogP contribution in [0.25, 0.3) is 0 Å². The highest BCUT2D eigenvalue weighted by Crippen LogP contribution is 2.30. The first-order chi connectivity index (χ1) is 9.29. The van der Waals surface area contributed by atoms with Crippen LogP contribution in [0.3, 0.4) is 0 Å². The molecule has 106 valence electrons. The second kappa shape index (κ2) is 5.52. The Morgan fingerprint density at radius 1 is 1.10 bits per heavy atom. The van der Waals surface area contributed by atoms with Crippen molar-refractivity contribution in [3.63, 3.8) is 0 Å². The van der Waals surface area contributed by atoms with E-state index in [4.69, 9.17) is 28.9 Å². The number of sulfonamides is 1. The molecule has 2 rings (SSSR count). The van der Waals surface area contributed by atoms with Crippen LogP contribution in [0.15, 0.2) is 41.3 Å². The van der Waals surface area contributed by atoms with Gasteiger partial charge in [0, 0.05) is 10.7 Å². The Morgan fingerprint density at radius 2 is 1.70 bits per heavy atom. The summed E-state index contributed by atoms with van der Waals surface area (Å²) in [6, 6.07) is 9.00. The molecule has 4 nitrogen and oxygen atoms in total. The lowest BCUT2D eigenvalue weighted by atomic mass is 10.2. The summed E-state index contributed by atoms with van der Waals surface area (Å²) in [7, 11) is -3.72. The normalized spacial score (nSPS) is 11.3. The lowest BCUT2D eigenvalue weighted by Crippen LogP contribution is -2.14. The van der Waals surface area contributed by atoms with Gasteiger partial charge in [0.05, 0.1) is 15.6 Å². The van der Waals surface area contributed by atoms with E-state index in [0.29, 0.717) is 22.0 Å². The molecule has 0 atom stereocenters. The van der Waals surface area contributed by atoms with Gasteiger partial charge in [-0.05, 0) is 48.9 Å². The summed E-state index contributed by atoms with van der Waals surface area (Å²) >= 11 is 11.8. The molecule has 0 aliphatic heterocycles. The standard InChI is InChI=1S/C13H12Cl2N2O2S/c1-8-6-10(16)7-12(15)13(8)17-20(18,19)11-4-2-9(14)3-5-11/h2-7,17H,16H2,1H3. The minimum absolute atomic E-state index is 0.106. The summed E-state index contributed by atoms with van der Waals surface area (Å²) in [6.45, 7) is 1.72. The fourth-order valence-corrected chi connectivity index (χ4v) is 3.36. The monoisotopic (exact) mass is 330 g/mol. The van der Waals surface area contributed by atoms with E-state index < -0.39 is 10.0 Å². The number of nitrogen functional groups attached to an aromatic ring is 1. The van der Waals surface area contributed by atoms with Crippen molar-refractivity contribution >= 4 is 44.6 Å². The molecule has 0 unspecified atom stereocenters. The van der Waals surface area contributed by atoms with Crippen molar-refractivity contribution in [1.29, 1.82) is 0 Å². The average Bonchev–Trinajstić information content (AvgIpc) is 2.34. The average molecular weight is 331 g/mol. The van der Waals surface area contributed by atoms with Gasteiger partial charge in [-0.15, -0.1) is 0 Å². The first kappa shape index (κ1) is 15.0. The van der Waals surface area contributed by atoms with Crippen LogP contribution in [0.4, 0.5) is 11.4 Å². The number of aryl methyl sites for hydroxylation is 1. The molecule has 0 aliphatic carbocycles. The number of hydrogen-bond acceptors (Lipinski definition) is 3.